The summed E-state index contributed by atoms with van der Waals surface area (Å²) in [7, 11) is 0. The number of carbonyl (C=O) groups is 4. The normalized spacial score (nSPS) is 12.6. The minimum Gasteiger partial charge on any atom is -0.386 e. The van der Waals surface area contributed by atoms with Crippen molar-refractivity contribution in [1.82, 2.24) is 15.6 Å². The average molecular weight is 613 g/mol. The quantitative estimate of drug-likeness (QED) is 0.127. The molecule has 3 N–H and O–H groups in total. The van der Waals surface area contributed by atoms with Gasteiger partial charge in [-0.05, 0) is 47.6 Å². The lowest BCUT2D eigenvalue weighted by atomic mass is 9.97. The Kier molecular flexibility index (Phi) is 12.4. The molecule has 2 atom stereocenters. The average Bonchev–Trinajstić information content (AvgIpc) is 2.99. The van der Waals surface area contributed by atoms with Crippen molar-refractivity contribution in [3.8, 4) is 11.1 Å². The summed E-state index contributed by atoms with van der Waals surface area (Å²) >= 11 is 0. The largest absolute Gasteiger partial charge is 0.491 e. The van der Waals surface area contributed by atoms with E-state index in [9.17, 15) is 32.3 Å². The van der Waals surface area contributed by atoms with E-state index in [4.69, 9.17) is 0 Å². The summed E-state index contributed by atoms with van der Waals surface area (Å²) in [4.78, 5) is 53.9. The van der Waals surface area contributed by atoms with Crippen LogP contribution in [0.4, 0.5) is 19.0 Å². The minimum atomic E-state index is -5.36. The lowest BCUT2D eigenvalue weighted by molar-refractivity contribution is -0.202. The molecule has 0 spiro atoms. The highest BCUT2D eigenvalue weighted by molar-refractivity contribution is 5.90. The Morgan fingerprint density at radius 1 is 0.864 bits per heavy atom. The molecular weight excluding hydrogens is 577 g/mol. The maximum Gasteiger partial charge on any atom is 0.491 e. The molecule has 0 aliphatic heterocycles. The molecule has 44 heavy (non-hydrogen) atoms. The molecule has 0 radical (unpaired) electrons. The molecule has 0 saturated heterocycles. The third-order valence-corrected chi connectivity index (χ3v) is 6.46. The molecule has 3 aromatic rings. The Hall–Kier alpha value is -4.74. The summed E-state index contributed by atoms with van der Waals surface area (Å²) in [6, 6.07) is 19.4. The van der Waals surface area contributed by atoms with Crippen molar-refractivity contribution in [2.45, 2.75) is 57.8 Å². The van der Waals surface area contributed by atoms with E-state index in [2.05, 4.69) is 25.7 Å². The molecular formula is C32H35F3N4O5. The van der Waals surface area contributed by atoms with Gasteiger partial charge >= 0.3 is 18.1 Å². The van der Waals surface area contributed by atoms with Crippen LogP contribution in [-0.2, 0) is 23.9 Å². The Labute approximate surface area is 253 Å². The van der Waals surface area contributed by atoms with Gasteiger partial charge in [-0.3, -0.25) is 14.4 Å². The molecule has 1 aromatic heterocycles. The smallest absolute Gasteiger partial charge is 0.386 e. The van der Waals surface area contributed by atoms with E-state index < -0.39 is 42.5 Å². The number of aromatic nitrogens is 1. The number of hydrogen-bond acceptors (Lipinski definition) is 7. The zero-order valence-electron chi connectivity index (χ0n) is 24.4. The Morgan fingerprint density at radius 2 is 1.52 bits per heavy atom. The Bertz CT molecular complexity index is 1380. The summed E-state index contributed by atoms with van der Waals surface area (Å²) in [5, 5.41) is 8.49. The number of benzene rings is 2. The molecule has 2 aromatic carbocycles. The number of carbonyl (C=O) groups excluding carboxylic acids is 4. The number of anilines is 1. The molecule has 0 bridgehead atoms. The third kappa shape index (κ3) is 11.2. The number of halogens is 3. The predicted octanol–water partition coefficient (Wildman–Crippen LogP) is 5.35. The van der Waals surface area contributed by atoms with Gasteiger partial charge in [-0.1, -0.05) is 74.5 Å². The number of nitrogens with one attached hydrogen (secondary N) is 3. The number of hydrogen-bond donors (Lipinski definition) is 3. The first-order valence-corrected chi connectivity index (χ1v) is 14.1. The van der Waals surface area contributed by atoms with Gasteiger partial charge in [-0.2, -0.15) is 13.2 Å². The monoisotopic (exact) mass is 612 g/mol. The van der Waals surface area contributed by atoms with Gasteiger partial charge < -0.3 is 20.7 Å². The van der Waals surface area contributed by atoms with Crippen LogP contribution >= 0.6 is 0 Å². The first kappa shape index (κ1) is 33.8. The van der Waals surface area contributed by atoms with Crippen LogP contribution in [0.1, 0.15) is 51.1 Å². The molecule has 0 aliphatic rings. The maximum atomic E-state index is 13.4. The van der Waals surface area contributed by atoms with Gasteiger partial charge in [-0.15, -0.1) is 0 Å². The second-order valence-corrected chi connectivity index (χ2v) is 10.5. The van der Waals surface area contributed by atoms with E-state index in [1.807, 2.05) is 50.2 Å². The first-order valence-electron chi connectivity index (χ1n) is 14.1. The van der Waals surface area contributed by atoms with Crippen molar-refractivity contribution < 1.29 is 37.1 Å². The standard InChI is InChI=1S/C32H35F3N4O5/c1-21(2)19-26(38-28(40)12-8-18-37-27-11-6-7-17-36-27)30(42)39-25(20-29(41)44-31(43)32(33,34)35)24-15-13-23(14-16-24)22-9-4-3-5-10-22/h3-7,9-11,13-17,21,25-26H,8,12,18-20H2,1-2H3,(H,36,37)(H,38,40)(H,39,42)/t25?,26-/m1/s1. The summed E-state index contributed by atoms with van der Waals surface area (Å²) in [6.07, 6.45) is -3.61. The number of amides is 2. The number of pyridine rings is 1. The summed E-state index contributed by atoms with van der Waals surface area (Å²) < 4.78 is 42.0. The van der Waals surface area contributed by atoms with E-state index in [-0.39, 0.29) is 24.7 Å². The summed E-state index contributed by atoms with van der Waals surface area (Å²) in [5.74, 6) is -4.44. The van der Waals surface area contributed by atoms with Crippen molar-refractivity contribution in [2.24, 2.45) is 5.92 Å². The lowest BCUT2D eigenvalue weighted by Crippen LogP contribution is -2.48. The minimum absolute atomic E-state index is 0.00477. The number of ether oxygens (including phenoxy) is 1. The van der Waals surface area contributed by atoms with Gasteiger partial charge in [0.15, 0.2) is 0 Å². The molecule has 2 amide bonds. The zero-order chi connectivity index (χ0) is 32.1. The molecule has 1 heterocycles. The molecule has 12 heteroatoms. The first-order chi connectivity index (χ1) is 20.9. The van der Waals surface area contributed by atoms with Gasteiger partial charge in [0, 0.05) is 19.2 Å². The van der Waals surface area contributed by atoms with Crippen molar-refractivity contribution in [2.75, 3.05) is 11.9 Å². The van der Waals surface area contributed by atoms with E-state index in [1.165, 1.54) is 0 Å². The van der Waals surface area contributed by atoms with Crippen molar-refractivity contribution in [3.05, 3.63) is 84.6 Å². The highest BCUT2D eigenvalue weighted by atomic mass is 19.4. The summed E-state index contributed by atoms with van der Waals surface area (Å²) in [6.45, 7) is 4.21. The molecule has 0 saturated carbocycles. The molecule has 9 nitrogen and oxygen atoms in total. The van der Waals surface area contributed by atoms with Crippen LogP contribution in [0.3, 0.4) is 0 Å². The Morgan fingerprint density at radius 3 is 2.14 bits per heavy atom. The van der Waals surface area contributed by atoms with E-state index in [0.717, 1.165) is 11.1 Å². The number of nitrogens with zero attached hydrogens (tertiary/aromatic N) is 1. The molecule has 1 unspecified atom stereocenters. The maximum absolute atomic E-state index is 13.4. The highest BCUT2D eigenvalue weighted by Gasteiger charge is 2.42. The number of rotatable bonds is 14. The van der Waals surface area contributed by atoms with Crippen LogP contribution in [0.5, 0.6) is 0 Å². The fourth-order valence-corrected chi connectivity index (χ4v) is 4.33. The fourth-order valence-electron chi connectivity index (χ4n) is 4.33. The zero-order valence-corrected chi connectivity index (χ0v) is 24.4. The van der Waals surface area contributed by atoms with Crippen LogP contribution in [0.15, 0.2) is 79.0 Å². The van der Waals surface area contributed by atoms with Crippen LogP contribution in [0.2, 0.25) is 0 Å². The summed E-state index contributed by atoms with van der Waals surface area (Å²) in [5.41, 5.74) is 2.13. The van der Waals surface area contributed by atoms with Crippen LogP contribution in [0.25, 0.3) is 11.1 Å². The SMILES string of the molecule is CC(C)C[C@@H](NC(=O)CCCNc1ccccn1)C(=O)NC(CC(=O)OC(=O)C(F)(F)F)c1ccc(-c2ccccc2)cc1. The number of esters is 2. The van der Waals surface area contributed by atoms with Gasteiger partial charge in [0.25, 0.3) is 0 Å². The molecule has 0 aliphatic carbocycles. The van der Waals surface area contributed by atoms with E-state index in [1.54, 1.807) is 42.6 Å². The van der Waals surface area contributed by atoms with Gasteiger partial charge in [0.2, 0.25) is 11.8 Å². The highest BCUT2D eigenvalue weighted by Crippen LogP contribution is 2.25. The lowest BCUT2D eigenvalue weighted by Gasteiger charge is -2.25. The van der Waals surface area contributed by atoms with E-state index >= 15 is 0 Å². The number of alkyl halides is 3. The molecule has 234 valence electrons. The fraction of sp³-hybridized carbons (Fsp3) is 0.344. The Balaban J connectivity index is 1.71. The predicted molar refractivity (Wildman–Crippen MR) is 158 cm³/mol. The van der Waals surface area contributed by atoms with Crippen molar-refractivity contribution >= 4 is 29.6 Å². The molecule has 3 rings (SSSR count). The van der Waals surface area contributed by atoms with Crippen LogP contribution in [0, 0.1) is 5.92 Å². The van der Waals surface area contributed by atoms with E-state index in [0.29, 0.717) is 24.3 Å². The third-order valence-electron chi connectivity index (χ3n) is 6.46. The second-order valence-electron chi connectivity index (χ2n) is 10.5. The van der Waals surface area contributed by atoms with Gasteiger partial charge in [0.1, 0.15) is 11.9 Å². The van der Waals surface area contributed by atoms with Crippen LogP contribution < -0.4 is 16.0 Å². The van der Waals surface area contributed by atoms with Crippen LogP contribution in [-0.4, -0.2) is 47.5 Å². The van der Waals surface area contributed by atoms with Gasteiger partial charge in [0.05, 0.1) is 12.5 Å². The second kappa shape index (κ2) is 16.2. The topological polar surface area (TPSA) is 126 Å². The van der Waals surface area contributed by atoms with Gasteiger partial charge in [-0.25, -0.2) is 9.78 Å². The van der Waals surface area contributed by atoms with Crippen molar-refractivity contribution in [3.63, 3.8) is 0 Å². The van der Waals surface area contributed by atoms with Crippen molar-refractivity contribution in [1.29, 1.82) is 0 Å². The molecule has 0 fully saturated rings.